The van der Waals surface area contributed by atoms with Gasteiger partial charge in [-0.2, -0.15) is 0 Å². The molecule has 3 aliphatic rings. The summed E-state index contributed by atoms with van der Waals surface area (Å²) in [6, 6.07) is -1.33. The van der Waals surface area contributed by atoms with Gasteiger partial charge < -0.3 is 75.0 Å². The molecule has 0 saturated carbocycles. The minimum atomic E-state index is -1.83. The average Bonchev–Trinajstić information content (AvgIpc) is 2.83. The van der Waals surface area contributed by atoms with Gasteiger partial charge in [0.05, 0.1) is 19.3 Å². The maximum Gasteiger partial charge on any atom is 0.217 e. The van der Waals surface area contributed by atoms with E-state index in [1.807, 2.05) is 0 Å². The summed E-state index contributed by atoms with van der Waals surface area (Å²) in [5.41, 5.74) is 0. The SMILES string of the molecule is CC(=O)N[C@@H]1[C@@H](O[C@@H]2O[C@@H](C)[C@H](O[C@H]3O[C@H](CO)[C@H](O)[C@H](O)[C@H]3O)[C@@H](O)[C@H]2O)[C@H](O)[C@@H](CO)O[C@H]1O. The summed E-state index contributed by atoms with van der Waals surface area (Å²) < 4.78 is 27.1. The highest BCUT2D eigenvalue weighted by atomic mass is 16.7. The second-order valence-corrected chi connectivity index (χ2v) is 9.05. The van der Waals surface area contributed by atoms with Crippen LogP contribution in [-0.2, 0) is 28.5 Å². The first-order valence-corrected chi connectivity index (χ1v) is 11.4. The number of nitrogens with one attached hydrogen (secondary N) is 1. The Labute approximate surface area is 205 Å². The van der Waals surface area contributed by atoms with Crippen molar-refractivity contribution in [3.63, 3.8) is 0 Å². The fourth-order valence-electron chi connectivity index (χ4n) is 4.43. The van der Waals surface area contributed by atoms with E-state index in [4.69, 9.17) is 23.7 Å². The summed E-state index contributed by atoms with van der Waals surface area (Å²) >= 11 is 0. The van der Waals surface area contributed by atoms with Gasteiger partial charge in [0.2, 0.25) is 5.91 Å². The van der Waals surface area contributed by atoms with E-state index in [0.717, 1.165) is 6.92 Å². The second-order valence-electron chi connectivity index (χ2n) is 9.05. The highest BCUT2D eigenvalue weighted by Gasteiger charge is 2.52. The second kappa shape index (κ2) is 12.2. The van der Waals surface area contributed by atoms with Crippen LogP contribution in [0.2, 0.25) is 0 Å². The lowest BCUT2D eigenvalue weighted by Crippen LogP contribution is -2.68. The highest BCUT2D eigenvalue weighted by Crippen LogP contribution is 2.32. The molecule has 0 aromatic heterocycles. The van der Waals surface area contributed by atoms with Crippen LogP contribution in [0.3, 0.4) is 0 Å². The molecule has 15 atom stereocenters. The molecular weight excluding hydrogens is 494 g/mol. The molecule has 0 unspecified atom stereocenters. The van der Waals surface area contributed by atoms with Crippen molar-refractivity contribution in [3.05, 3.63) is 0 Å². The molecule has 16 nitrogen and oxygen atoms in total. The Morgan fingerprint density at radius 1 is 0.722 bits per heavy atom. The molecule has 0 aliphatic carbocycles. The minimum absolute atomic E-state index is 0.600. The van der Waals surface area contributed by atoms with Gasteiger partial charge in [0.15, 0.2) is 18.9 Å². The molecule has 16 heteroatoms. The lowest BCUT2D eigenvalue weighted by atomic mass is 9.95. The van der Waals surface area contributed by atoms with Crippen molar-refractivity contribution in [2.45, 2.75) is 106 Å². The number of carbonyl (C=O) groups excluding carboxylic acids is 1. The number of aliphatic hydroxyl groups excluding tert-OH is 9. The van der Waals surface area contributed by atoms with Crippen LogP contribution in [0.4, 0.5) is 0 Å². The molecule has 1 amide bonds. The van der Waals surface area contributed by atoms with Gasteiger partial charge in [-0.1, -0.05) is 0 Å². The standard InChI is InChI=1S/C20H35NO15/c1-5-16(35-20-14(29)12(27)10(25)7(3-22)34-20)13(28)15(30)19(32-5)36-17-9(21-6(2)24)18(31)33-8(4-23)11(17)26/h5,7-20,22-23,25-31H,3-4H2,1-2H3,(H,21,24)/t5-,7+,8+,9+,10-,11+,12-,13-,14+,15+,16-,17+,18+,19-,20+/m0/s1. The summed E-state index contributed by atoms with van der Waals surface area (Å²) in [5.74, 6) is -0.600. The molecule has 36 heavy (non-hydrogen) atoms. The Morgan fingerprint density at radius 2 is 1.25 bits per heavy atom. The third-order valence-electron chi connectivity index (χ3n) is 6.45. The van der Waals surface area contributed by atoms with Crippen molar-refractivity contribution >= 4 is 5.91 Å². The molecule has 210 valence electrons. The predicted octanol–water partition coefficient (Wildman–Crippen LogP) is -6.40. The van der Waals surface area contributed by atoms with Crippen molar-refractivity contribution in [2.75, 3.05) is 13.2 Å². The fraction of sp³-hybridized carbons (Fsp3) is 0.950. The molecule has 3 aliphatic heterocycles. The Bertz CT molecular complexity index is 729. The topological polar surface area (TPSA) is 257 Å². The summed E-state index contributed by atoms with van der Waals surface area (Å²) in [7, 11) is 0. The van der Waals surface area contributed by atoms with Gasteiger partial charge in [-0.15, -0.1) is 0 Å². The fourth-order valence-corrected chi connectivity index (χ4v) is 4.43. The van der Waals surface area contributed by atoms with Crippen LogP contribution in [0.5, 0.6) is 0 Å². The summed E-state index contributed by atoms with van der Waals surface area (Å²) in [4.78, 5) is 11.6. The molecule has 3 saturated heterocycles. The van der Waals surface area contributed by atoms with Crippen LogP contribution in [-0.4, -0.2) is 157 Å². The molecule has 3 fully saturated rings. The number of aliphatic hydroxyl groups is 9. The van der Waals surface area contributed by atoms with E-state index in [-0.39, 0.29) is 0 Å². The number of ether oxygens (including phenoxy) is 5. The highest BCUT2D eigenvalue weighted by molar-refractivity contribution is 5.73. The minimum Gasteiger partial charge on any atom is -0.394 e. The van der Waals surface area contributed by atoms with E-state index in [2.05, 4.69) is 5.32 Å². The quantitative estimate of drug-likeness (QED) is 0.147. The van der Waals surface area contributed by atoms with E-state index in [9.17, 15) is 50.8 Å². The molecule has 0 radical (unpaired) electrons. The van der Waals surface area contributed by atoms with E-state index >= 15 is 0 Å². The van der Waals surface area contributed by atoms with Gasteiger partial charge in [0, 0.05) is 6.92 Å². The zero-order valence-corrected chi connectivity index (χ0v) is 19.5. The van der Waals surface area contributed by atoms with Crippen molar-refractivity contribution in [3.8, 4) is 0 Å². The van der Waals surface area contributed by atoms with Crippen molar-refractivity contribution < 1.29 is 74.4 Å². The maximum absolute atomic E-state index is 11.6. The Hall–Kier alpha value is -1.09. The Morgan fingerprint density at radius 3 is 1.83 bits per heavy atom. The molecular formula is C20H35NO15. The van der Waals surface area contributed by atoms with Crippen molar-refractivity contribution in [2.24, 2.45) is 0 Å². The molecule has 0 spiro atoms. The lowest BCUT2D eigenvalue weighted by molar-refractivity contribution is -0.368. The normalized spacial score (nSPS) is 50.0. The largest absolute Gasteiger partial charge is 0.394 e. The molecule has 3 rings (SSSR count). The molecule has 0 aromatic carbocycles. The number of hydrogen-bond donors (Lipinski definition) is 10. The van der Waals surface area contributed by atoms with E-state index in [1.54, 1.807) is 0 Å². The first-order chi connectivity index (χ1) is 16.9. The van der Waals surface area contributed by atoms with Gasteiger partial charge in [-0.3, -0.25) is 4.79 Å². The van der Waals surface area contributed by atoms with E-state index in [0.29, 0.717) is 0 Å². The smallest absolute Gasteiger partial charge is 0.217 e. The molecule has 0 aromatic rings. The van der Waals surface area contributed by atoms with Gasteiger partial charge in [-0.25, -0.2) is 0 Å². The third kappa shape index (κ3) is 5.97. The van der Waals surface area contributed by atoms with Gasteiger partial charge in [-0.05, 0) is 6.92 Å². The number of hydrogen-bond acceptors (Lipinski definition) is 15. The average molecular weight is 529 g/mol. The van der Waals surface area contributed by atoms with Crippen LogP contribution in [0, 0.1) is 0 Å². The first-order valence-electron chi connectivity index (χ1n) is 11.4. The van der Waals surface area contributed by atoms with Crippen molar-refractivity contribution in [1.29, 1.82) is 0 Å². The van der Waals surface area contributed by atoms with Crippen LogP contribution in [0.1, 0.15) is 13.8 Å². The van der Waals surface area contributed by atoms with Crippen LogP contribution in [0.15, 0.2) is 0 Å². The zero-order valence-electron chi connectivity index (χ0n) is 19.5. The van der Waals surface area contributed by atoms with Crippen LogP contribution < -0.4 is 5.32 Å². The molecule has 0 bridgehead atoms. The third-order valence-corrected chi connectivity index (χ3v) is 6.45. The zero-order chi connectivity index (χ0) is 26.9. The monoisotopic (exact) mass is 529 g/mol. The van der Waals surface area contributed by atoms with Gasteiger partial charge >= 0.3 is 0 Å². The Balaban J connectivity index is 1.72. The van der Waals surface area contributed by atoms with Crippen LogP contribution >= 0.6 is 0 Å². The Kier molecular flexibility index (Phi) is 9.97. The molecule has 10 N–H and O–H groups in total. The summed E-state index contributed by atoms with van der Waals surface area (Å²) in [5, 5.41) is 93.3. The van der Waals surface area contributed by atoms with Crippen molar-refractivity contribution in [1.82, 2.24) is 5.32 Å². The summed E-state index contributed by atoms with van der Waals surface area (Å²) in [6.45, 7) is 1.16. The lowest BCUT2D eigenvalue weighted by Gasteiger charge is -2.48. The first kappa shape index (κ1) is 29.5. The van der Waals surface area contributed by atoms with E-state index in [1.165, 1.54) is 6.92 Å². The van der Waals surface area contributed by atoms with Crippen LogP contribution in [0.25, 0.3) is 0 Å². The predicted molar refractivity (Wildman–Crippen MR) is 111 cm³/mol. The number of carbonyl (C=O) groups is 1. The number of rotatable bonds is 7. The van der Waals surface area contributed by atoms with E-state index < -0.39 is 111 Å². The summed E-state index contributed by atoms with van der Waals surface area (Å²) in [6.07, 6.45) is -21.6. The number of amides is 1. The maximum atomic E-state index is 11.6. The molecule has 3 heterocycles. The van der Waals surface area contributed by atoms with Gasteiger partial charge in [0.25, 0.3) is 0 Å². The van der Waals surface area contributed by atoms with Gasteiger partial charge in [0.1, 0.15) is 67.1 Å².